The Morgan fingerprint density at radius 3 is 1.95 bits per heavy atom. The summed E-state index contributed by atoms with van der Waals surface area (Å²) in [5.74, 6) is 0.288. The van der Waals surface area contributed by atoms with E-state index in [4.69, 9.17) is 0 Å². The van der Waals surface area contributed by atoms with Gasteiger partial charge < -0.3 is 0 Å². The predicted octanol–water partition coefficient (Wildman–Crippen LogP) is 5.51. The lowest BCUT2D eigenvalue weighted by molar-refractivity contribution is 1.09. The third kappa shape index (κ3) is 5.07. The lowest BCUT2D eigenvalue weighted by atomic mass is 10.00. The summed E-state index contributed by atoms with van der Waals surface area (Å²) in [5.41, 5.74) is 3.16. The van der Waals surface area contributed by atoms with E-state index in [1.54, 1.807) is 18.3 Å². The van der Waals surface area contributed by atoms with E-state index in [1.165, 1.54) is 5.56 Å². The molecule has 106 valence electrons. The van der Waals surface area contributed by atoms with E-state index < -0.39 is 0 Å². The number of rotatable bonds is 5. The molecule has 0 spiro atoms. The molecule has 1 aromatic carbocycles. The van der Waals surface area contributed by atoms with E-state index >= 15 is 0 Å². The van der Waals surface area contributed by atoms with Gasteiger partial charge in [-0.1, -0.05) is 67.8 Å². The Labute approximate surface area is 127 Å². The van der Waals surface area contributed by atoms with Crippen molar-refractivity contribution in [3.05, 3.63) is 104 Å². The highest BCUT2D eigenvalue weighted by Crippen LogP contribution is 2.16. The molecule has 0 fully saturated rings. The van der Waals surface area contributed by atoms with Gasteiger partial charge in [0.25, 0.3) is 0 Å². The molecule has 0 unspecified atom stereocenters. The lowest BCUT2D eigenvalue weighted by Crippen LogP contribution is -1.87. The topological polar surface area (TPSA) is 12.9 Å². The fourth-order valence-corrected chi connectivity index (χ4v) is 1.82. The highest BCUT2D eigenvalue weighted by atomic mass is 14.7. The van der Waals surface area contributed by atoms with Gasteiger partial charge in [-0.15, -0.1) is 13.2 Å². The molecule has 2 aromatic rings. The van der Waals surface area contributed by atoms with Crippen molar-refractivity contribution in [2.45, 2.75) is 5.92 Å². The Hall–Kier alpha value is -2.67. The van der Waals surface area contributed by atoms with Gasteiger partial charge in [-0.05, 0) is 23.3 Å². The average molecular weight is 275 g/mol. The summed E-state index contributed by atoms with van der Waals surface area (Å²) in [6.45, 7) is 14.8. The third-order valence-corrected chi connectivity index (χ3v) is 2.98. The number of pyridine rings is 1. The van der Waals surface area contributed by atoms with Crippen LogP contribution in [0.3, 0.4) is 0 Å². The van der Waals surface area contributed by atoms with Crippen molar-refractivity contribution in [3.8, 4) is 0 Å². The smallest absolute Gasteiger partial charge is 0.0695 e. The minimum absolute atomic E-state index is 0.288. The molecule has 0 amide bonds. The molecular weight excluding hydrogens is 254 g/mol. The second-order valence-corrected chi connectivity index (χ2v) is 4.29. The first-order chi connectivity index (χ1) is 10.3. The van der Waals surface area contributed by atoms with Crippen molar-refractivity contribution in [1.82, 2.24) is 4.98 Å². The second-order valence-electron chi connectivity index (χ2n) is 4.29. The van der Waals surface area contributed by atoms with Crippen molar-refractivity contribution in [2.75, 3.05) is 0 Å². The van der Waals surface area contributed by atoms with Crippen LogP contribution in [0.4, 0.5) is 0 Å². The van der Waals surface area contributed by atoms with Crippen molar-refractivity contribution >= 4 is 12.2 Å². The Kier molecular flexibility index (Phi) is 7.23. The zero-order chi connectivity index (χ0) is 15.5. The summed E-state index contributed by atoms with van der Waals surface area (Å²) in [6.07, 6.45) is 9.01. The number of aromatic nitrogens is 1. The molecule has 1 aromatic heterocycles. The summed E-state index contributed by atoms with van der Waals surface area (Å²) in [4.78, 5) is 4.08. The molecule has 1 nitrogen and oxygen atoms in total. The van der Waals surface area contributed by atoms with Crippen LogP contribution >= 0.6 is 0 Å². The monoisotopic (exact) mass is 275 g/mol. The van der Waals surface area contributed by atoms with Crippen LogP contribution in [0, 0.1) is 0 Å². The minimum atomic E-state index is 0.288. The number of benzene rings is 1. The van der Waals surface area contributed by atoms with Crippen LogP contribution in [0.2, 0.25) is 0 Å². The zero-order valence-corrected chi connectivity index (χ0v) is 12.3. The van der Waals surface area contributed by atoms with Gasteiger partial charge in [0.15, 0.2) is 0 Å². The summed E-state index contributed by atoms with van der Waals surface area (Å²) < 4.78 is 0. The van der Waals surface area contributed by atoms with Crippen molar-refractivity contribution in [2.24, 2.45) is 0 Å². The quantitative estimate of drug-likeness (QED) is 0.656. The van der Waals surface area contributed by atoms with Gasteiger partial charge in [-0.25, -0.2) is 0 Å². The van der Waals surface area contributed by atoms with Gasteiger partial charge in [0.05, 0.1) is 5.69 Å². The molecule has 0 atom stereocenters. The molecule has 0 bridgehead atoms. The van der Waals surface area contributed by atoms with E-state index in [1.807, 2.05) is 42.5 Å². The normalized spacial score (nSPS) is 9.19. The fourth-order valence-electron chi connectivity index (χ4n) is 1.82. The lowest BCUT2D eigenvalue weighted by Gasteiger charge is -2.05. The Bertz CT molecular complexity index is 561. The molecular formula is C20H21N. The van der Waals surface area contributed by atoms with Gasteiger partial charge in [0, 0.05) is 12.1 Å². The molecule has 0 radical (unpaired) electrons. The van der Waals surface area contributed by atoms with Crippen LogP contribution in [0.1, 0.15) is 22.7 Å². The number of allylic oxidation sites excluding steroid dienone is 2. The third-order valence-electron chi connectivity index (χ3n) is 2.98. The molecule has 0 saturated heterocycles. The first-order valence-electron chi connectivity index (χ1n) is 6.76. The standard InChI is InChI=1S/C11H12.C9H9N/c1-3-10(4-2)11-8-6-5-7-9-11;1-3-8-6-5-7-10-9(8)4-2/h3-10H,1-2H2;3-7H,1-2H2. The Balaban J connectivity index is 0.000000211. The molecule has 1 heteroatoms. The second kappa shape index (κ2) is 9.27. The maximum absolute atomic E-state index is 4.08. The summed E-state index contributed by atoms with van der Waals surface area (Å²) in [5, 5.41) is 0. The molecule has 2 rings (SSSR count). The Morgan fingerprint density at radius 2 is 1.48 bits per heavy atom. The van der Waals surface area contributed by atoms with Gasteiger partial charge in [0.2, 0.25) is 0 Å². The van der Waals surface area contributed by atoms with Gasteiger partial charge in [-0.3, -0.25) is 4.98 Å². The zero-order valence-electron chi connectivity index (χ0n) is 12.3. The maximum Gasteiger partial charge on any atom is 0.0695 e. The molecule has 1 heterocycles. The first-order valence-corrected chi connectivity index (χ1v) is 6.76. The van der Waals surface area contributed by atoms with Crippen LogP contribution in [-0.2, 0) is 0 Å². The van der Waals surface area contributed by atoms with E-state index in [0.29, 0.717) is 0 Å². The molecule has 0 aliphatic rings. The van der Waals surface area contributed by atoms with E-state index in [-0.39, 0.29) is 5.92 Å². The van der Waals surface area contributed by atoms with Gasteiger partial charge in [-0.2, -0.15) is 0 Å². The average Bonchev–Trinajstić information content (AvgIpc) is 2.57. The van der Waals surface area contributed by atoms with Crippen LogP contribution in [0.15, 0.2) is 87.1 Å². The SMILES string of the molecule is C=CC(C=C)c1ccccc1.C=Cc1cccnc1C=C. The number of hydrogen-bond acceptors (Lipinski definition) is 1. The van der Waals surface area contributed by atoms with Crippen LogP contribution in [-0.4, -0.2) is 4.98 Å². The summed E-state index contributed by atoms with van der Waals surface area (Å²) in [7, 11) is 0. The van der Waals surface area contributed by atoms with Crippen LogP contribution in [0.5, 0.6) is 0 Å². The molecule has 0 N–H and O–H groups in total. The highest BCUT2D eigenvalue weighted by Gasteiger charge is 1.99. The number of nitrogens with zero attached hydrogens (tertiary/aromatic N) is 1. The van der Waals surface area contributed by atoms with Crippen LogP contribution < -0.4 is 0 Å². The molecule has 21 heavy (non-hydrogen) atoms. The summed E-state index contributed by atoms with van der Waals surface area (Å²) in [6, 6.07) is 14.0. The van der Waals surface area contributed by atoms with Crippen molar-refractivity contribution < 1.29 is 0 Å². The molecule has 0 saturated carbocycles. The Morgan fingerprint density at radius 1 is 0.810 bits per heavy atom. The van der Waals surface area contributed by atoms with Crippen molar-refractivity contribution in [3.63, 3.8) is 0 Å². The largest absolute Gasteiger partial charge is 0.256 e. The number of hydrogen-bond donors (Lipinski definition) is 0. The van der Waals surface area contributed by atoms with Crippen LogP contribution in [0.25, 0.3) is 12.2 Å². The minimum Gasteiger partial charge on any atom is -0.256 e. The fraction of sp³-hybridized carbons (Fsp3) is 0.0500. The predicted molar refractivity (Wildman–Crippen MR) is 94.0 cm³/mol. The van der Waals surface area contributed by atoms with Crippen molar-refractivity contribution in [1.29, 1.82) is 0 Å². The first kappa shape index (κ1) is 16.4. The molecule has 0 aliphatic carbocycles. The van der Waals surface area contributed by atoms with E-state index in [9.17, 15) is 0 Å². The highest BCUT2D eigenvalue weighted by molar-refractivity contribution is 5.59. The van der Waals surface area contributed by atoms with Gasteiger partial charge in [0.1, 0.15) is 0 Å². The van der Waals surface area contributed by atoms with E-state index in [0.717, 1.165) is 11.3 Å². The van der Waals surface area contributed by atoms with Gasteiger partial charge >= 0.3 is 0 Å². The molecule has 0 aliphatic heterocycles. The van der Waals surface area contributed by atoms with E-state index in [2.05, 4.69) is 43.4 Å². The summed E-state index contributed by atoms with van der Waals surface area (Å²) >= 11 is 0. The maximum atomic E-state index is 4.08.